The summed E-state index contributed by atoms with van der Waals surface area (Å²) in [6.07, 6.45) is 4.29. The van der Waals surface area contributed by atoms with Crippen LogP contribution in [0.5, 0.6) is 5.88 Å². The van der Waals surface area contributed by atoms with Gasteiger partial charge in [0.2, 0.25) is 5.88 Å². The van der Waals surface area contributed by atoms with Gasteiger partial charge in [-0.25, -0.2) is 4.98 Å². The average Bonchev–Trinajstić information content (AvgIpc) is 2.91. The molecular weight excluding hydrogens is 286 g/mol. The van der Waals surface area contributed by atoms with Crippen LogP contribution < -0.4 is 10.1 Å². The number of rotatable bonds is 6. The number of hydrogen-bond donors (Lipinski definition) is 1. The average molecular weight is 312 g/mol. The molecule has 4 nitrogen and oxygen atoms in total. The summed E-state index contributed by atoms with van der Waals surface area (Å²) in [5, 5.41) is 4.11. The van der Waals surface area contributed by atoms with Crippen molar-refractivity contribution < 1.29 is 4.74 Å². The van der Waals surface area contributed by atoms with Crippen LogP contribution in [0, 0.1) is 0 Å². The summed E-state index contributed by atoms with van der Waals surface area (Å²) in [4.78, 5) is 6.68. The van der Waals surface area contributed by atoms with E-state index in [4.69, 9.17) is 16.3 Å². The molecule has 21 heavy (non-hydrogen) atoms. The molecule has 0 saturated carbocycles. The Kier molecular flexibility index (Phi) is 5.85. The third-order valence-corrected chi connectivity index (χ3v) is 3.92. The molecule has 1 fully saturated rings. The fourth-order valence-electron chi connectivity index (χ4n) is 2.32. The Balaban J connectivity index is 1.85. The smallest absolute Gasteiger partial charge is 0.213 e. The number of nitrogens with one attached hydrogen (secondary N) is 1. The second-order valence-electron chi connectivity index (χ2n) is 6.61. The first kappa shape index (κ1) is 16.5. The summed E-state index contributed by atoms with van der Waals surface area (Å²) >= 11 is 6.20. The monoisotopic (exact) mass is 311 g/mol. The number of aromatic nitrogens is 1. The second kappa shape index (κ2) is 7.43. The third kappa shape index (κ3) is 5.81. The molecule has 2 heterocycles. The Morgan fingerprint density at radius 1 is 1.33 bits per heavy atom. The molecule has 1 aliphatic rings. The number of likely N-dealkylation sites (tertiary alicyclic amines) is 1. The molecule has 0 aromatic carbocycles. The molecule has 1 N–H and O–H groups in total. The van der Waals surface area contributed by atoms with Gasteiger partial charge in [-0.1, -0.05) is 11.6 Å². The van der Waals surface area contributed by atoms with Gasteiger partial charge in [0.05, 0.1) is 5.02 Å². The zero-order valence-corrected chi connectivity index (χ0v) is 14.0. The largest absolute Gasteiger partial charge is 0.476 e. The Labute approximate surface area is 132 Å². The molecule has 1 aromatic heterocycles. The van der Waals surface area contributed by atoms with E-state index in [9.17, 15) is 0 Å². The lowest BCUT2D eigenvalue weighted by Crippen LogP contribution is -2.35. The molecule has 0 amide bonds. The van der Waals surface area contributed by atoms with Crippen LogP contribution in [-0.2, 0) is 6.54 Å². The summed E-state index contributed by atoms with van der Waals surface area (Å²) in [5.74, 6) is 0.657. The zero-order valence-electron chi connectivity index (χ0n) is 13.3. The van der Waals surface area contributed by atoms with Crippen LogP contribution in [0.1, 0.15) is 39.2 Å². The standard InChI is InChI=1S/C16H26ClN3O/c1-16(2,3)19-11-13-10-15(18-12-14(13)17)21-9-8-20-6-4-5-7-20/h10,12,19H,4-9,11H2,1-3H3. The van der Waals surface area contributed by atoms with Crippen molar-refractivity contribution >= 4 is 11.6 Å². The van der Waals surface area contributed by atoms with Gasteiger partial charge in [-0.3, -0.25) is 4.90 Å². The maximum absolute atomic E-state index is 6.20. The van der Waals surface area contributed by atoms with Crippen LogP contribution in [0.4, 0.5) is 0 Å². The van der Waals surface area contributed by atoms with Crippen molar-refractivity contribution in [1.29, 1.82) is 0 Å². The highest BCUT2D eigenvalue weighted by atomic mass is 35.5. The minimum Gasteiger partial charge on any atom is -0.476 e. The molecule has 0 radical (unpaired) electrons. The number of hydrogen-bond acceptors (Lipinski definition) is 4. The molecule has 0 aliphatic carbocycles. The van der Waals surface area contributed by atoms with E-state index in [1.54, 1.807) is 6.20 Å². The second-order valence-corrected chi connectivity index (χ2v) is 7.02. The number of nitrogens with zero attached hydrogens (tertiary/aromatic N) is 2. The SMILES string of the molecule is CC(C)(C)NCc1cc(OCCN2CCCC2)ncc1Cl. The van der Waals surface area contributed by atoms with Gasteiger partial charge >= 0.3 is 0 Å². The fraction of sp³-hybridized carbons (Fsp3) is 0.688. The van der Waals surface area contributed by atoms with Crippen molar-refractivity contribution in [3.8, 4) is 5.88 Å². The molecule has 1 saturated heterocycles. The first-order valence-corrected chi connectivity index (χ1v) is 8.06. The predicted octanol–water partition coefficient (Wildman–Crippen LogP) is 3.10. The summed E-state index contributed by atoms with van der Waals surface area (Å²) in [5.41, 5.74) is 1.08. The van der Waals surface area contributed by atoms with Gasteiger partial charge < -0.3 is 10.1 Å². The van der Waals surface area contributed by atoms with Crippen molar-refractivity contribution in [3.63, 3.8) is 0 Å². The Bertz CT molecular complexity index is 453. The summed E-state index contributed by atoms with van der Waals surface area (Å²) in [7, 11) is 0. The van der Waals surface area contributed by atoms with Gasteiger partial charge in [0.1, 0.15) is 6.61 Å². The quantitative estimate of drug-likeness (QED) is 0.876. The van der Waals surface area contributed by atoms with E-state index in [-0.39, 0.29) is 5.54 Å². The molecule has 5 heteroatoms. The minimum atomic E-state index is 0.0589. The van der Waals surface area contributed by atoms with Crippen LogP contribution in [0.15, 0.2) is 12.3 Å². The Morgan fingerprint density at radius 3 is 2.71 bits per heavy atom. The van der Waals surface area contributed by atoms with E-state index in [0.717, 1.165) is 12.1 Å². The first-order valence-electron chi connectivity index (χ1n) is 7.69. The Hall–Kier alpha value is -0.840. The van der Waals surface area contributed by atoms with E-state index in [2.05, 4.69) is 36.0 Å². The molecule has 0 bridgehead atoms. The van der Waals surface area contributed by atoms with E-state index in [1.807, 2.05) is 6.07 Å². The van der Waals surface area contributed by atoms with E-state index >= 15 is 0 Å². The van der Waals surface area contributed by atoms with Gasteiger partial charge in [0.25, 0.3) is 0 Å². The topological polar surface area (TPSA) is 37.4 Å². The van der Waals surface area contributed by atoms with Crippen LogP contribution >= 0.6 is 11.6 Å². The van der Waals surface area contributed by atoms with Crippen molar-refractivity contribution in [2.24, 2.45) is 0 Å². The lowest BCUT2D eigenvalue weighted by atomic mass is 10.1. The Morgan fingerprint density at radius 2 is 2.05 bits per heavy atom. The van der Waals surface area contributed by atoms with Gasteiger partial charge in [-0.2, -0.15) is 0 Å². The molecule has 1 aromatic rings. The lowest BCUT2D eigenvalue weighted by molar-refractivity contribution is 0.231. The molecular formula is C16H26ClN3O. The van der Waals surface area contributed by atoms with Crippen LogP contribution in [0.2, 0.25) is 5.02 Å². The van der Waals surface area contributed by atoms with E-state index in [1.165, 1.54) is 25.9 Å². The minimum absolute atomic E-state index is 0.0589. The highest BCUT2D eigenvalue weighted by Crippen LogP contribution is 2.20. The highest BCUT2D eigenvalue weighted by molar-refractivity contribution is 6.31. The summed E-state index contributed by atoms with van der Waals surface area (Å²) in [6, 6.07) is 1.94. The molecule has 118 valence electrons. The molecule has 1 aliphatic heterocycles. The number of pyridine rings is 1. The molecule has 2 rings (SSSR count). The van der Waals surface area contributed by atoms with Gasteiger partial charge in [0, 0.05) is 30.9 Å². The maximum Gasteiger partial charge on any atom is 0.213 e. The van der Waals surface area contributed by atoms with Crippen LogP contribution in [0.3, 0.4) is 0 Å². The van der Waals surface area contributed by atoms with Crippen molar-refractivity contribution in [2.75, 3.05) is 26.2 Å². The molecule has 0 spiro atoms. The molecule has 0 unspecified atom stereocenters. The van der Waals surface area contributed by atoms with Crippen molar-refractivity contribution in [2.45, 2.75) is 45.7 Å². The van der Waals surface area contributed by atoms with Gasteiger partial charge in [-0.05, 0) is 52.3 Å². The zero-order chi connectivity index (χ0) is 15.3. The van der Waals surface area contributed by atoms with Crippen molar-refractivity contribution in [1.82, 2.24) is 15.2 Å². The van der Waals surface area contributed by atoms with Crippen molar-refractivity contribution in [3.05, 3.63) is 22.8 Å². The lowest BCUT2D eigenvalue weighted by Gasteiger charge is -2.21. The van der Waals surface area contributed by atoms with Gasteiger partial charge in [-0.15, -0.1) is 0 Å². The maximum atomic E-state index is 6.20. The molecule has 0 atom stereocenters. The van der Waals surface area contributed by atoms with E-state index in [0.29, 0.717) is 24.1 Å². The van der Waals surface area contributed by atoms with Gasteiger partial charge in [0.15, 0.2) is 0 Å². The third-order valence-electron chi connectivity index (χ3n) is 3.57. The first-order chi connectivity index (χ1) is 9.94. The normalized spacial score (nSPS) is 16.4. The number of ether oxygens (including phenoxy) is 1. The predicted molar refractivity (Wildman–Crippen MR) is 87.0 cm³/mol. The van der Waals surface area contributed by atoms with Crippen LogP contribution in [-0.4, -0.2) is 41.7 Å². The fourth-order valence-corrected chi connectivity index (χ4v) is 2.49. The summed E-state index contributed by atoms with van der Waals surface area (Å²) in [6.45, 7) is 11.2. The van der Waals surface area contributed by atoms with Crippen LogP contribution in [0.25, 0.3) is 0 Å². The number of halogens is 1. The summed E-state index contributed by atoms with van der Waals surface area (Å²) < 4.78 is 5.76. The highest BCUT2D eigenvalue weighted by Gasteiger charge is 2.13. The van der Waals surface area contributed by atoms with E-state index < -0.39 is 0 Å².